The van der Waals surface area contributed by atoms with Crippen LogP contribution in [0.3, 0.4) is 0 Å². The number of aromatic nitrogens is 1. The Morgan fingerprint density at radius 2 is 1.83 bits per heavy atom. The molecular formula is C24H28N2O4. The molecule has 0 bridgehead atoms. The van der Waals surface area contributed by atoms with Crippen molar-refractivity contribution in [2.75, 3.05) is 7.11 Å². The van der Waals surface area contributed by atoms with E-state index in [0.29, 0.717) is 30.2 Å². The Hall–Kier alpha value is -3.28. The molecule has 6 heteroatoms. The zero-order chi connectivity index (χ0) is 21.7. The van der Waals surface area contributed by atoms with Crippen molar-refractivity contribution >= 4 is 5.91 Å². The Balaban J connectivity index is 1.79. The van der Waals surface area contributed by atoms with E-state index >= 15 is 0 Å². The highest BCUT2D eigenvalue weighted by Crippen LogP contribution is 2.30. The molecule has 3 rings (SSSR count). The number of aryl methyl sites for hydroxylation is 2. The SMILES string of the molecule is COc1cc(C(=O)N(Cc2ccccc2)C(C)C)ccc1OCc1c(C)noc1C. The molecule has 6 nitrogen and oxygen atoms in total. The second-order valence-corrected chi connectivity index (χ2v) is 7.47. The first-order valence-electron chi connectivity index (χ1n) is 9.98. The molecule has 2 aromatic carbocycles. The molecule has 0 aliphatic rings. The summed E-state index contributed by atoms with van der Waals surface area (Å²) in [5.41, 5.74) is 3.35. The molecular weight excluding hydrogens is 380 g/mol. The third-order valence-electron chi connectivity index (χ3n) is 5.04. The van der Waals surface area contributed by atoms with Gasteiger partial charge in [-0.05, 0) is 51.5 Å². The van der Waals surface area contributed by atoms with E-state index < -0.39 is 0 Å². The number of hydrogen-bond acceptors (Lipinski definition) is 5. The summed E-state index contributed by atoms with van der Waals surface area (Å²) in [7, 11) is 1.57. The average Bonchev–Trinajstić information content (AvgIpc) is 3.07. The highest BCUT2D eigenvalue weighted by atomic mass is 16.5. The highest BCUT2D eigenvalue weighted by Gasteiger charge is 2.21. The Morgan fingerprint density at radius 1 is 1.10 bits per heavy atom. The Bertz CT molecular complexity index is 976. The van der Waals surface area contributed by atoms with Crippen molar-refractivity contribution in [2.24, 2.45) is 0 Å². The molecule has 0 N–H and O–H groups in total. The van der Waals surface area contributed by atoms with E-state index in [1.807, 2.05) is 62.9 Å². The number of amides is 1. The van der Waals surface area contributed by atoms with Crippen molar-refractivity contribution in [3.05, 3.63) is 76.7 Å². The normalized spacial score (nSPS) is 10.9. The van der Waals surface area contributed by atoms with Crippen LogP contribution in [0.5, 0.6) is 11.5 Å². The lowest BCUT2D eigenvalue weighted by molar-refractivity contribution is 0.0690. The summed E-state index contributed by atoms with van der Waals surface area (Å²) < 4.78 is 16.6. The van der Waals surface area contributed by atoms with Gasteiger partial charge in [0.25, 0.3) is 5.91 Å². The predicted octanol–water partition coefficient (Wildman–Crippen LogP) is 4.93. The van der Waals surface area contributed by atoms with Crippen LogP contribution in [-0.2, 0) is 13.2 Å². The Kier molecular flexibility index (Phi) is 6.77. The quantitative estimate of drug-likeness (QED) is 0.529. The molecule has 1 heterocycles. The van der Waals surface area contributed by atoms with Crippen LogP contribution in [-0.4, -0.2) is 29.1 Å². The first kappa shape index (κ1) is 21.4. The van der Waals surface area contributed by atoms with Gasteiger partial charge in [0.2, 0.25) is 0 Å². The molecule has 0 fully saturated rings. The van der Waals surface area contributed by atoms with Crippen molar-refractivity contribution in [2.45, 2.75) is 46.9 Å². The molecule has 0 spiro atoms. The van der Waals surface area contributed by atoms with Crippen molar-refractivity contribution < 1.29 is 18.8 Å². The zero-order valence-corrected chi connectivity index (χ0v) is 18.1. The molecule has 0 atom stereocenters. The molecule has 158 valence electrons. The number of rotatable bonds is 8. The van der Waals surface area contributed by atoms with Crippen LogP contribution in [0.25, 0.3) is 0 Å². The zero-order valence-electron chi connectivity index (χ0n) is 18.1. The summed E-state index contributed by atoms with van der Waals surface area (Å²) in [5, 5.41) is 3.94. The van der Waals surface area contributed by atoms with Gasteiger partial charge < -0.3 is 18.9 Å². The highest BCUT2D eigenvalue weighted by molar-refractivity contribution is 5.95. The average molecular weight is 408 g/mol. The van der Waals surface area contributed by atoms with E-state index in [9.17, 15) is 4.79 Å². The second kappa shape index (κ2) is 9.48. The maximum atomic E-state index is 13.2. The van der Waals surface area contributed by atoms with E-state index in [1.54, 1.807) is 25.3 Å². The molecule has 0 saturated heterocycles. The standard InChI is InChI=1S/C24H28N2O4/c1-16(2)26(14-19-9-7-6-8-10-19)24(27)20-11-12-22(23(13-20)28-5)29-15-21-17(3)25-30-18(21)4/h6-13,16H,14-15H2,1-5H3. The lowest BCUT2D eigenvalue weighted by Crippen LogP contribution is -2.36. The lowest BCUT2D eigenvalue weighted by Gasteiger charge is -2.27. The van der Waals surface area contributed by atoms with Gasteiger partial charge in [-0.15, -0.1) is 0 Å². The van der Waals surface area contributed by atoms with Crippen LogP contribution < -0.4 is 9.47 Å². The predicted molar refractivity (Wildman–Crippen MR) is 115 cm³/mol. The van der Waals surface area contributed by atoms with E-state index in [1.165, 1.54) is 0 Å². The van der Waals surface area contributed by atoms with Gasteiger partial charge in [0.15, 0.2) is 11.5 Å². The first-order valence-corrected chi connectivity index (χ1v) is 9.98. The number of carbonyl (C=O) groups excluding carboxylic acids is 1. The fourth-order valence-corrected chi connectivity index (χ4v) is 3.21. The summed E-state index contributed by atoms with van der Waals surface area (Å²) in [6, 6.07) is 15.3. The fourth-order valence-electron chi connectivity index (χ4n) is 3.21. The molecule has 1 amide bonds. The topological polar surface area (TPSA) is 64.8 Å². The van der Waals surface area contributed by atoms with Crippen LogP contribution in [0.2, 0.25) is 0 Å². The third kappa shape index (κ3) is 4.82. The van der Waals surface area contributed by atoms with Crippen molar-refractivity contribution in [1.82, 2.24) is 10.1 Å². The van der Waals surface area contributed by atoms with Gasteiger partial charge in [-0.25, -0.2) is 0 Å². The molecule has 30 heavy (non-hydrogen) atoms. The van der Waals surface area contributed by atoms with Crippen molar-refractivity contribution in [3.8, 4) is 11.5 Å². The van der Waals surface area contributed by atoms with E-state index in [-0.39, 0.29) is 11.9 Å². The third-order valence-corrected chi connectivity index (χ3v) is 5.04. The van der Waals surface area contributed by atoms with Gasteiger partial charge in [0, 0.05) is 18.2 Å². The monoisotopic (exact) mass is 408 g/mol. The maximum Gasteiger partial charge on any atom is 0.254 e. The van der Waals surface area contributed by atoms with E-state index in [4.69, 9.17) is 14.0 Å². The molecule has 0 radical (unpaired) electrons. The first-order chi connectivity index (χ1) is 14.4. The van der Waals surface area contributed by atoms with Gasteiger partial charge >= 0.3 is 0 Å². The number of methoxy groups -OCH3 is 1. The van der Waals surface area contributed by atoms with Crippen LogP contribution in [0.4, 0.5) is 0 Å². The van der Waals surface area contributed by atoms with Crippen molar-refractivity contribution in [1.29, 1.82) is 0 Å². The van der Waals surface area contributed by atoms with Crippen LogP contribution in [0.1, 0.15) is 46.8 Å². The largest absolute Gasteiger partial charge is 0.493 e. The van der Waals surface area contributed by atoms with Gasteiger partial charge in [-0.2, -0.15) is 0 Å². The molecule has 0 aliphatic carbocycles. The summed E-state index contributed by atoms with van der Waals surface area (Å²) in [6.45, 7) is 8.62. The minimum absolute atomic E-state index is 0.0515. The lowest BCUT2D eigenvalue weighted by atomic mass is 10.1. The maximum absolute atomic E-state index is 13.2. The van der Waals surface area contributed by atoms with Crippen molar-refractivity contribution in [3.63, 3.8) is 0 Å². The number of benzene rings is 2. The molecule has 1 aromatic heterocycles. The minimum Gasteiger partial charge on any atom is -0.493 e. The molecule has 0 saturated carbocycles. The van der Waals surface area contributed by atoms with E-state index in [0.717, 1.165) is 22.6 Å². The summed E-state index contributed by atoms with van der Waals surface area (Å²) in [5.74, 6) is 1.75. The number of hydrogen-bond donors (Lipinski definition) is 0. The van der Waals surface area contributed by atoms with Crippen LogP contribution in [0.15, 0.2) is 53.1 Å². The number of ether oxygens (including phenoxy) is 2. The summed E-state index contributed by atoms with van der Waals surface area (Å²) >= 11 is 0. The van der Waals surface area contributed by atoms with Gasteiger partial charge in [-0.3, -0.25) is 4.79 Å². The van der Waals surface area contributed by atoms with Gasteiger partial charge in [-0.1, -0.05) is 35.5 Å². The van der Waals surface area contributed by atoms with Gasteiger partial charge in [0.05, 0.1) is 18.4 Å². The fraction of sp³-hybridized carbons (Fsp3) is 0.333. The number of nitrogens with zero attached hydrogens (tertiary/aromatic N) is 2. The molecule has 3 aromatic rings. The van der Waals surface area contributed by atoms with Crippen LogP contribution in [0, 0.1) is 13.8 Å². The Morgan fingerprint density at radius 3 is 2.43 bits per heavy atom. The summed E-state index contributed by atoms with van der Waals surface area (Å²) in [6.07, 6.45) is 0. The van der Waals surface area contributed by atoms with Crippen LogP contribution >= 0.6 is 0 Å². The smallest absolute Gasteiger partial charge is 0.254 e. The van der Waals surface area contributed by atoms with E-state index in [2.05, 4.69) is 5.16 Å². The minimum atomic E-state index is -0.0515. The van der Waals surface area contributed by atoms with Gasteiger partial charge in [0.1, 0.15) is 12.4 Å². The second-order valence-electron chi connectivity index (χ2n) is 7.47. The summed E-state index contributed by atoms with van der Waals surface area (Å²) in [4.78, 5) is 15.1. The number of carbonyl (C=O) groups is 1. The molecule has 0 unspecified atom stereocenters. The Labute approximate surface area is 177 Å². The molecule has 0 aliphatic heterocycles.